The van der Waals surface area contributed by atoms with Gasteiger partial charge in [0, 0.05) is 32.6 Å². The molecule has 0 bridgehead atoms. The lowest BCUT2D eigenvalue weighted by molar-refractivity contribution is -0.124. The molecule has 0 aromatic heterocycles. The molecule has 9 heteroatoms. The number of halogens is 3. The van der Waals surface area contributed by atoms with Crippen LogP contribution >= 0.6 is 0 Å². The molecular weight excluding hydrogens is 337 g/mol. The number of carbonyl (C=O) groups is 2. The quantitative estimate of drug-likeness (QED) is 0.619. The van der Waals surface area contributed by atoms with Crippen molar-refractivity contribution in [1.82, 2.24) is 15.5 Å². The molecule has 0 saturated carbocycles. The minimum atomic E-state index is -4.52. The van der Waals surface area contributed by atoms with Crippen LogP contribution in [0.3, 0.4) is 0 Å². The molecular formula is C16H23F3N4O2. The van der Waals surface area contributed by atoms with E-state index < -0.39 is 24.7 Å². The Labute approximate surface area is 144 Å². The second-order valence-electron chi connectivity index (χ2n) is 5.46. The van der Waals surface area contributed by atoms with Crippen LogP contribution in [0.5, 0.6) is 0 Å². The van der Waals surface area contributed by atoms with Gasteiger partial charge in [0.25, 0.3) is 0 Å². The van der Waals surface area contributed by atoms with Gasteiger partial charge in [-0.3, -0.25) is 10.1 Å². The van der Waals surface area contributed by atoms with Crippen LogP contribution in [0, 0.1) is 0 Å². The van der Waals surface area contributed by atoms with E-state index in [0.717, 1.165) is 12.0 Å². The maximum Gasteiger partial charge on any atom is 0.405 e. The summed E-state index contributed by atoms with van der Waals surface area (Å²) in [5, 5.41) is 3.46. The second kappa shape index (κ2) is 10.7. The lowest BCUT2D eigenvalue weighted by atomic mass is 10.1. The van der Waals surface area contributed by atoms with Gasteiger partial charge in [-0.2, -0.15) is 13.2 Å². The fourth-order valence-corrected chi connectivity index (χ4v) is 2.12. The molecule has 0 radical (unpaired) electrons. The van der Waals surface area contributed by atoms with Crippen LogP contribution in [-0.2, 0) is 11.2 Å². The van der Waals surface area contributed by atoms with Gasteiger partial charge >= 0.3 is 12.2 Å². The fraction of sp³-hybridized carbons (Fsp3) is 0.500. The number of amides is 3. The zero-order chi connectivity index (χ0) is 18.7. The Bertz CT molecular complexity index is 538. The smallest absolute Gasteiger partial charge is 0.329 e. The Morgan fingerprint density at radius 2 is 1.76 bits per heavy atom. The Hall–Kier alpha value is -2.13. The average molecular weight is 360 g/mol. The number of alkyl halides is 3. The molecule has 0 fully saturated rings. The zero-order valence-electron chi connectivity index (χ0n) is 13.8. The molecule has 0 saturated heterocycles. The maximum absolute atomic E-state index is 12.0. The lowest BCUT2D eigenvalue weighted by Crippen LogP contribution is -2.44. The normalized spacial score (nSPS) is 11.4. The Morgan fingerprint density at radius 1 is 1.08 bits per heavy atom. The molecule has 0 heterocycles. The van der Waals surface area contributed by atoms with E-state index in [4.69, 9.17) is 5.73 Å². The van der Waals surface area contributed by atoms with Crippen LogP contribution in [-0.4, -0.2) is 55.7 Å². The summed E-state index contributed by atoms with van der Waals surface area (Å²) in [6.07, 6.45) is -3.74. The van der Waals surface area contributed by atoms with Gasteiger partial charge in [-0.1, -0.05) is 30.3 Å². The van der Waals surface area contributed by atoms with Crippen LogP contribution in [0.25, 0.3) is 0 Å². The van der Waals surface area contributed by atoms with Crippen LogP contribution in [0.4, 0.5) is 18.0 Å². The molecule has 4 N–H and O–H groups in total. The van der Waals surface area contributed by atoms with Gasteiger partial charge in [0.05, 0.1) is 0 Å². The summed E-state index contributed by atoms with van der Waals surface area (Å²) in [6, 6.07) is 8.65. The third-order valence-corrected chi connectivity index (χ3v) is 3.36. The molecule has 0 atom stereocenters. The van der Waals surface area contributed by atoms with Crippen molar-refractivity contribution in [3.8, 4) is 0 Å². The van der Waals surface area contributed by atoms with Gasteiger partial charge < -0.3 is 16.0 Å². The SMILES string of the molecule is NCCN(CCC(=O)NC(=O)NCC(F)(F)F)CCc1ccccc1. The molecule has 1 rings (SSSR count). The van der Waals surface area contributed by atoms with E-state index in [1.165, 1.54) is 0 Å². The van der Waals surface area contributed by atoms with Crippen molar-refractivity contribution in [2.24, 2.45) is 5.73 Å². The monoisotopic (exact) mass is 360 g/mol. The van der Waals surface area contributed by atoms with Gasteiger partial charge in [0.1, 0.15) is 6.54 Å². The van der Waals surface area contributed by atoms with Crippen molar-refractivity contribution in [2.45, 2.75) is 19.0 Å². The molecule has 0 aliphatic rings. The molecule has 0 aliphatic heterocycles. The van der Waals surface area contributed by atoms with Gasteiger partial charge in [-0.15, -0.1) is 0 Å². The van der Waals surface area contributed by atoms with Crippen LogP contribution in [0.2, 0.25) is 0 Å². The van der Waals surface area contributed by atoms with E-state index in [-0.39, 0.29) is 6.42 Å². The highest BCUT2D eigenvalue weighted by Gasteiger charge is 2.27. The average Bonchev–Trinajstić information content (AvgIpc) is 2.56. The summed E-state index contributed by atoms with van der Waals surface area (Å²) in [6.45, 7) is 0.572. The van der Waals surface area contributed by atoms with Crippen LogP contribution < -0.4 is 16.4 Å². The van der Waals surface area contributed by atoms with E-state index in [1.807, 2.05) is 40.5 Å². The Balaban J connectivity index is 2.33. The number of nitrogens with two attached hydrogens (primary N) is 1. The third kappa shape index (κ3) is 10.4. The number of urea groups is 1. The highest BCUT2D eigenvalue weighted by molar-refractivity contribution is 5.94. The lowest BCUT2D eigenvalue weighted by Gasteiger charge is -2.21. The summed E-state index contributed by atoms with van der Waals surface area (Å²) in [7, 11) is 0. The third-order valence-electron chi connectivity index (χ3n) is 3.36. The summed E-state index contributed by atoms with van der Waals surface area (Å²) < 4.78 is 35.9. The van der Waals surface area contributed by atoms with Crippen LogP contribution in [0.15, 0.2) is 30.3 Å². The molecule has 6 nitrogen and oxygen atoms in total. The number of benzene rings is 1. The number of hydrogen-bond acceptors (Lipinski definition) is 4. The number of imide groups is 1. The first-order chi connectivity index (χ1) is 11.8. The number of rotatable bonds is 9. The first-order valence-corrected chi connectivity index (χ1v) is 7.91. The molecule has 1 aromatic rings. The van der Waals surface area contributed by atoms with Gasteiger partial charge in [0.2, 0.25) is 5.91 Å². The van der Waals surface area contributed by atoms with Crippen molar-refractivity contribution in [2.75, 3.05) is 32.7 Å². The predicted molar refractivity (Wildman–Crippen MR) is 87.9 cm³/mol. The van der Waals surface area contributed by atoms with E-state index in [9.17, 15) is 22.8 Å². The largest absolute Gasteiger partial charge is 0.405 e. The summed E-state index contributed by atoms with van der Waals surface area (Å²) >= 11 is 0. The number of carbonyl (C=O) groups excluding carboxylic acids is 2. The Kier molecular flexibility index (Phi) is 8.93. The Morgan fingerprint density at radius 3 is 2.36 bits per heavy atom. The molecule has 0 aliphatic carbocycles. The highest BCUT2D eigenvalue weighted by atomic mass is 19.4. The molecule has 0 spiro atoms. The van der Waals surface area contributed by atoms with Crippen LogP contribution in [0.1, 0.15) is 12.0 Å². The van der Waals surface area contributed by atoms with Gasteiger partial charge in [-0.25, -0.2) is 4.79 Å². The second-order valence-corrected chi connectivity index (χ2v) is 5.46. The number of nitrogens with zero attached hydrogens (tertiary/aromatic N) is 1. The molecule has 1 aromatic carbocycles. The maximum atomic E-state index is 12.0. The molecule has 140 valence electrons. The summed E-state index contributed by atoms with van der Waals surface area (Å²) in [5.41, 5.74) is 6.71. The van der Waals surface area contributed by atoms with E-state index >= 15 is 0 Å². The van der Waals surface area contributed by atoms with Crippen molar-refractivity contribution < 1.29 is 22.8 Å². The molecule has 3 amide bonds. The first-order valence-electron chi connectivity index (χ1n) is 7.91. The van der Waals surface area contributed by atoms with Crippen molar-refractivity contribution in [1.29, 1.82) is 0 Å². The predicted octanol–water partition coefficient (Wildman–Crippen LogP) is 1.27. The van der Waals surface area contributed by atoms with Crippen molar-refractivity contribution in [3.63, 3.8) is 0 Å². The van der Waals surface area contributed by atoms with Gasteiger partial charge in [0.15, 0.2) is 0 Å². The fourth-order valence-electron chi connectivity index (χ4n) is 2.12. The summed E-state index contributed by atoms with van der Waals surface area (Å²) in [5.74, 6) is -0.638. The van der Waals surface area contributed by atoms with Gasteiger partial charge in [-0.05, 0) is 12.0 Å². The van der Waals surface area contributed by atoms with Crippen molar-refractivity contribution >= 4 is 11.9 Å². The molecule has 0 unspecified atom stereocenters. The zero-order valence-corrected chi connectivity index (χ0v) is 13.8. The minimum absolute atomic E-state index is 0.00573. The number of nitrogens with one attached hydrogen (secondary N) is 2. The van der Waals surface area contributed by atoms with E-state index in [0.29, 0.717) is 26.2 Å². The minimum Gasteiger partial charge on any atom is -0.329 e. The topological polar surface area (TPSA) is 87.5 Å². The summed E-state index contributed by atoms with van der Waals surface area (Å²) in [4.78, 5) is 24.8. The first kappa shape index (κ1) is 20.9. The van der Waals surface area contributed by atoms with Crippen molar-refractivity contribution in [3.05, 3.63) is 35.9 Å². The number of hydrogen-bond donors (Lipinski definition) is 3. The highest BCUT2D eigenvalue weighted by Crippen LogP contribution is 2.11. The van der Waals surface area contributed by atoms with E-state index in [1.54, 1.807) is 5.32 Å². The van der Waals surface area contributed by atoms with E-state index in [2.05, 4.69) is 0 Å². The molecule has 25 heavy (non-hydrogen) atoms. The standard InChI is InChI=1S/C16H23F3N4O2/c17-16(18,19)12-21-15(25)22-14(24)7-10-23(11-8-20)9-6-13-4-2-1-3-5-13/h1-5H,6-12,20H2,(H2,21,22,24,25).